The van der Waals surface area contributed by atoms with Crippen molar-refractivity contribution in [2.45, 2.75) is 6.92 Å². The Bertz CT molecular complexity index is 589. The van der Waals surface area contributed by atoms with Crippen LogP contribution in [0.5, 0.6) is 5.75 Å². The molecule has 0 bridgehead atoms. The maximum atomic E-state index is 10.8. The van der Waals surface area contributed by atoms with Crippen LogP contribution >= 0.6 is 0 Å². The number of carbonyl (C=O) groups is 1. The highest BCUT2D eigenvalue weighted by Gasteiger charge is 2.04. The molecule has 3 heteroatoms. The van der Waals surface area contributed by atoms with Gasteiger partial charge >= 0.3 is 0 Å². The summed E-state index contributed by atoms with van der Waals surface area (Å²) in [5.74, 6) is 0.0473. The van der Waals surface area contributed by atoms with E-state index in [1.165, 1.54) is 0 Å². The molecule has 1 N–H and O–H groups in total. The van der Waals surface area contributed by atoms with Crippen molar-refractivity contribution in [2.24, 2.45) is 0 Å². The van der Waals surface area contributed by atoms with Gasteiger partial charge in [-0.3, -0.25) is 9.78 Å². The SMILES string of the molecule is Cc1cc(/C=C/c2ccncc2)cc(C=O)c1O. The molecule has 0 aliphatic heterocycles. The van der Waals surface area contributed by atoms with Gasteiger partial charge in [-0.25, -0.2) is 0 Å². The van der Waals surface area contributed by atoms with Gasteiger partial charge in [-0.2, -0.15) is 0 Å². The Morgan fingerprint density at radius 3 is 2.44 bits per heavy atom. The topological polar surface area (TPSA) is 50.2 Å². The van der Waals surface area contributed by atoms with Crippen molar-refractivity contribution < 1.29 is 9.90 Å². The number of hydrogen-bond donors (Lipinski definition) is 1. The van der Waals surface area contributed by atoms with Crippen LogP contribution in [-0.4, -0.2) is 16.4 Å². The summed E-state index contributed by atoms with van der Waals surface area (Å²) in [6.07, 6.45) is 7.93. The van der Waals surface area contributed by atoms with Crippen LogP contribution in [0.4, 0.5) is 0 Å². The molecule has 1 aromatic carbocycles. The summed E-state index contributed by atoms with van der Waals surface area (Å²) in [7, 11) is 0. The highest BCUT2D eigenvalue weighted by Crippen LogP contribution is 2.23. The number of benzene rings is 1. The molecular formula is C15H13NO2. The van der Waals surface area contributed by atoms with E-state index in [0.717, 1.165) is 11.1 Å². The van der Waals surface area contributed by atoms with Crippen LogP contribution in [-0.2, 0) is 0 Å². The van der Waals surface area contributed by atoms with Gasteiger partial charge in [0.25, 0.3) is 0 Å². The zero-order chi connectivity index (χ0) is 13.0. The van der Waals surface area contributed by atoms with Gasteiger partial charge in [-0.1, -0.05) is 12.2 Å². The average Bonchev–Trinajstić information content (AvgIpc) is 2.41. The molecule has 0 spiro atoms. The first-order chi connectivity index (χ1) is 8.70. The average molecular weight is 239 g/mol. The van der Waals surface area contributed by atoms with E-state index >= 15 is 0 Å². The van der Waals surface area contributed by atoms with E-state index in [0.29, 0.717) is 17.4 Å². The Labute approximate surface area is 105 Å². The van der Waals surface area contributed by atoms with Gasteiger partial charge in [0.1, 0.15) is 5.75 Å². The molecule has 0 saturated carbocycles. The Balaban J connectivity index is 2.33. The molecule has 18 heavy (non-hydrogen) atoms. The van der Waals surface area contributed by atoms with Crippen LogP contribution in [0.15, 0.2) is 36.7 Å². The largest absolute Gasteiger partial charge is 0.507 e. The summed E-state index contributed by atoms with van der Waals surface area (Å²) in [6, 6.07) is 7.28. The van der Waals surface area contributed by atoms with Crippen LogP contribution in [0.2, 0.25) is 0 Å². The minimum Gasteiger partial charge on any atom is -0.507 e. The normalized spacial score (nSPS) is 10.7. The molecule has 0 aliphatic carbocycles. The fourth-order valence-electron chi connectivity index (χ4n) is 1.69. The van der Waals surface area contributed by atoms with Crippen LogP contribution in [0.25, 0.3) is 12.2 Å². The van der Waals surface area contributed by atoms with Gasteiger partial charge in [-0.05, 0) is 47.9 Å². The lowest BCUT2D eigenvalue weighted by molar-refractivity contribution is 0.112. The predicted molar refractivity (Wildman–Crippen MR) is 71.4 cm³/mol. The molecule has 2 aromatic rings. The molecule has 90 valence electrons. The number of aromatic nitrogens is 1. The van der Waals surface area contributed by atoms with Gasteiger partial charge in [0.05, 0.1) is 5.56 Å². The second-order valence-corrected chi connectivity index (χ2v) is 4.01. The monoisotopic (exact) mass is 239 g/mol. The van der Waals surface area contributed by atoms with Gasteiger partial charge in [-0.15, -0.1) is 0 Å². The highest BCUT2D eigenvalue weighted by atomic mass is 16.3. The van der Waals surface area contributed by atoms with Gasteiger partial charge in [0, 0.05) is 12.4 Å². The summed E-state index contributed by atoms with van der Waals surface area (Å²) < 4.78 is 0. The minimum absolute atomic E-state index is 0.0473. The lowest BCUT2D eigenvalue weighted by atomic mass is 10.0. The van der Waals surface area contributed by atoms with Crippen molar-refractivity contribution in [2.75, 3.05) is 0 Å². The number of rotatable bonds is 3. The van der Waals surface area contributed by atoms with Gasteiger partial charge < -0.3 is 5.11 Å². The Morgan fingerprint density at radius 1 is 1.11 bits per heavy atom. The van der Waals surface area contributed by atoms with Gasteiger partial charge in [0.2, 0.25) is 0 Å². The number of phenolic OH excluding ortho intramolecular Hbond substituents is 1. The van der Waals surface area contributed by atoms with Crippen molar-refractivity contribution in [3.05, 3.63) is 58.9 Å². The third-order valence-electron chi connectivity index (χ3n) is 2.65. The van der Waals surface area contributed by atoms with Crippen molar-refractivity contribution >= 4 is 18.4 Å². The molecule has 0 unspecified atom stereocenters. The first-order valence-electron chi connectivity index (χ1n) is 5.57. The number of pyridine rings is 1. The molecule has 0 saturated heterocycles. The quantitative estimate of drug-likeness (QED) is 0.837. The fourth-order valence-corrected chi connectivity index (χ4v) is 1.69. The number of phenols is 1. The molecule has 3 nitrogen and oxygen atoms in total. The molecule has 0 aliphatic rings. The molecule has 0 fully saturated rings. The molecule has 1 heterocycles. The number of nitrogens with zero attached hydrogens (tertiary/aromatic N) is 1. The summed E-state index contributed by atoms with van der Waals surface area (Å²) in [4.78, 5) is 14.8. The van der Waals surface area contributed by atoms with Crippen LogP contribution in [0.1, 0.15) is 27.0 Å². The van der Waals surface area contributed by atoms with Crippen LogP contribution < -0.4 is 0 Å². The van der Waals surface area contributed by atoms with E-state index in [1.807, 2.05) is 30.4 Å². The van der Waals surface area contributed by atoms with E-state index in [4.69, 9.17) is 0 Å². The van der Waals surface area contributed by atoms with Crippen LogP contribution in [0, 0.1) is 6.92 Å². The lowest BCUT2D eigenvalue weighted by Gasteiger charge is -2.03. The summed E-state index contributed by atoms with van der Waals surface area (Å²) >= 11 is 0. The molecule has 0 radical (unpaired) electrons. The van der Waals surface area contributed by atoms with Crippen LogP contribution in [0.3, 0.4) is 0 Å². The maximum Gasteiger partial charge on any atom is 0.153 e. The number of carbonyl (C=O) groups excluding carboxylic acids is 1. The summed E-state index contributed by atoms with van der Waals surface area (Å²) in [5, 5.41) is 9.64. The number of aryl methyl sites for hydroxylation is 1. The Morgan fingerprint density at radius 2 is 1.78 bits per heavy atom. The minimum atomic E-state index is 0.0473. The highest BCUT2D eigenvalue weighted by molar-refractivity contribution is 5.83. The molecule has 2 rings (SSSR count). The van der Waals surface area contributed by atoms with E-state index in [1.54, 1.807) is 25.4 Å². The van der Waals surface area contributed by atoms with Crippen molar-refractivity contribution in [3.63, 3.8) is 0 Å². The zero-order valence-corrected chi connectivity index (χ0v) is 10.00. The van der Waals surface area contributed by atoms with E-state index in [-0.39, 0.29) is 5.75 Å². The van der Waals surface area contributed by atoms with Crippen molar-refractivity contribution in [3.8, 4) is 5.75 Å². The molecule has 0 amide bonds. The second-order valence-electron chi connectivity index (χ2n) is 4.01. The third kappa shape index (κ3) is 2.63. The Kier molecular flexibility index (Phi) is 3.53. The number of aromatic hydroxyl groups is 1. The Hall–Kier alpha value is -2.42. The zero-order valence-electron chi connectivity index (χ0n) is 10.00. The standard InChI is InChI=1S/C15H13NO2/c1-11-8-13(9-14(10-17)15(11)18)3-2-12-4-6-16-7-5-12/h2-10,18H,1H3/b3-2+. The smallest absolute Gasteiger partial charge is 0.153 e. The summed E-state index contributed by atoms with van der Waals surface area (Å²) in [6.45, 7) is 1.77. The second kappa shape index (κ2) is 5.27. The maximum absolute atomic E-state index is 10.8. The molecule has 1 aromatic heterocycles. The first-order valence-corrected chi connectivity index (χ1v) is 5.57. The van der Waals surface area contributed by atoms with Crippen molar-refractivity contribution in [1.29, 1.82) is 0 Å². The lowest BCUT2D eigenvalue weighted by Crippen LogP contribution is -1.87. The van der Waals surface area contributed by atoms with E-state index in [9.17, 15) is 9.90 Å². The predicted octanol–water partition coefficient (Wildman–Crippen LogP) is 3.08. The summed E-state index contributed by atoms with van der Waals surface area (Å²) in [5.41, 5.74) is 2.91. The first kappa shape index (κ1) is 12.0. The van der Waals surface area contributed by atoms with Crippen molar-refractivity contribution in [1.82, 2.24) is 4.98 Å². The number of hydrogen-bond acceptors (Lipinski definition) is 3. The number of aldehydes is 1. The van der Waals surface area contributed by atoms with Gasteiger partial charge in [0.15, 0.2) is 6.29 Å². The molecule has 0 atom stereocenters. The molecular weight excluding hydrogens is 226 g/mol. The van der Waals surface area contributed by atoms with E-state index in [2.05, 4.69) is 4.98 Å². The fraction of sp³-hybridized carbons (Fsp3) is 0.0667. The third-order valence-corrected chi connectivity index (χ3v) is 2.65. The van der Waals surface area contributed by atoms with E-state index < -0.39 is 0 Å².